The minimum Gasteiger partial charge on any atom is -0.481 e. The Hall–Kier alpha value is -1.26. The third-order valence-electron chi connectivity index (χ3n) is 3.94. The van der Waals surface area contributed by atoms with Crippen molar-refractivity contribution in [3.8, 4) is 0 Å². The summed E-state index contributed by atoms with van der Waals surface area (Å²) in [5.74, 6) is -0.455. The van der Waals surface area contributed by atoms with Gasteiger partial charge in [-0.2, -0.15) is 0 Å². The van der Waals surface area contributed by atoms with E-state index in [2.05, 4.69) is 38.3 Å². The van der Waals surface area contributed by atoms with E-state index in [0.717, 1.165) is 0 Å². The molecule has 5 nitrogen and oxygen atoms in total. The minimum absolute atomic E-state index is 0.145. The van der Waals surface area contributed by atoms with Gasteiger partial charge in [-0.15, -0.1) is 0 Å². The summed E-state index contributed by atoms with van der Waals surface area (Å²) in [6.45, 7) is 9.27. The average molecular weight is 256 g/mol. The number of urea groups is 1. The maximum Gasteiger partial charge on any atom is 0.314 e. The fraction of sp³-hybridized carbons (Fsp3) is 0.846. The van der Waals surface area contributed by atoms with Crippen molar-refractivity contribution in [1.29, 1.82) is 0 Å². The Morgan fingerprint density at radius 1 is 1.28 bits per heavy atom. The van der Waals surface area contributed by atoms with E-state index in [1.165, 1.54) is 0 Å². The van der Waals surface area contributed by atoms with Crippen LogP contribution >= 0.6 is 0 Å². The zero-order chi connectivity index (χ0) is 14.0. The fourth-order valence-corrected chi connectivity index (χ4v) is 1.48. The molecule has 0 heterocycles. The summed E-state index contributed by atoms with van der Waals surface area (Å²) < 4.78 is 0. The van der Waals surface area contributed by atoms with Gasteiger partial charge in [0.15, 0.2) is 0 Å². The van der Waals surface area contributed by atoms with Crippen molar-refractivity contribution in [3.05, 3.63) is 0 Å². The smallest absolute Gasteiger partial charge is 0.314 e. The van der Waals surface area contributed by atoms with Gasteiger partial charge in [-0.25, -0.2) is 4.79 Å². The van der Waals surface area contributed by atoms with E-state index in [1.807, 2.05) is 0 Å². The molecule has 104 valence electrons. The maximum absolute atomic E-state index is 11.6. The summed E-state index contributed by atoms with van der Waals surface area (Å²) in [5.41, 5.74) is -0.557. The van der Waals surface area contributed by atoms with Crippen molar-refractivity contribution >= 4 is 12.0 Å². The number of carbonyl (C=O) groups excluding carboxylic acids is 1. The zero-order valence-corrected chi connectivity index (χ0v) is 11.7. The van der Waals surface area contributed by atoms with E-state index in [-0.39, 0.29) is 18.0 Å². The van der Waals surface area contributed by atoms with Gasteiger partial charge >= 0.3 is 12.0 Å². The SMILES string of the molecule is CC(CNC(=O)NCC1(C(=O)O)CC1)C(C)(C)C. The van der Waals surface area contributed by atoms with Crippen LogP contribution in [0.15, 0.2) is 0 Å². The zero-order valence-electron chi connectivity index (χ0n) is 11.7. The van der Waals surface area contributed by atoms with Gasteiger partial charge in [0.1, 0.15) is 0 Å². The van der Waals surface area contributed by atoms with Gasteiger partial charge < -0.3 is 15.7 Å². The molecule has 5 heteroatoms. The average Bonchev–Trinajstić information content (AvgIpc) is 3.02. The largest absolute Gasteiger partial charge is 0.481 e. The highest BCUT2D eigenvalue weighted by molar-refractivity contribution is 5.80. The van der Waals surface area contributed by atoms with Crippen LogP contribution in [0.1, 0.15) is 40.5 Å². The summed E-state index contributed by atoms with van der Waals surface area (Å²) in [5, 5.41) is 14.4. The first kappa shape index (κ1) is 14.8. The molecule has 0 aromatic rings. The molecule has 1 rings (SSSR count). The van der Waals surface area contributed by atoms with Crippen molar-refractivity contribution in [3.63, 3.8) is 0 Å². The van der Waals surface area contributed by atoms with Gasteiger partial charge in [0.2, 0.25) is 0 Å². The number of amides is 2. The van der Waals surface area contributed by atoms with Gasteiger partial charge in [-0.1, -0.05) is 27.7 Å². The number of hydrogen-bond acceptors (Lipinski definition) is 2. The van der Waals surface area contributed by atoms with E-state index in [4.69, 9.17) is 5.11 Å². The van der Waals surface area contributed by atoms with Crippen LogP contribution in [0.25, 0.3) is 0 Å². The first-order valence-corrected chi connectivity index (χ1v) is 6.42. The first-order valence-electron chi connectivity index (χ1n) is 6.42. The number of rotatable bonds is 5. The van der Waals surface area contributed by atoms with E-state index in [9.17, 15) is 9.59 Å². The predicted octanol–water partition coefficient (Wildman–Crippen LogP) is 1.83. The highest BCUT2D eigenvalue weighted by atomic mass is 16.4. The van der Waals surface area contributed by atoms with Gasteiger partial charge in [0.25, 0.3) is 0 Å². The van der Waals surface area contributed by atoms with Crippen LogP contribution in [0.2, 0.25) is 0 Å². The normalized spacial score (nSPS) is 18.9. The van der Waals surface area contributed by atoms with Crippen LogP contribution in [0, 0.1) is 16.7 Å². The van der Waals surface area contributed by atoms with Crippen LogP contribution in [0.4, 0.5) is 4.79 Å². The molecule has 1 saturated carbocycles. The summed E-state index contributed by atoms with van der Waals surface area (Å²) in [6, 6.07) is -0.279. The molecule has 0 radical (unpaired) electrons. The molecular formula is C13H24N2O3. The standard InChI is InChI=1S/C13H24N2O3/c1-9(12(2,3)4)7-14-11(18)15-8-13(5-6-13)10(16)17/h9H,5-8H2,1-4H3,(H,16,17)(H2,14,15,18). The molecule has 1 atom stereocenters. The molecule has 0 bridgehead atoms. The molecule has 0 aromatic carbocycles. The Labute approximate surface area is 108 Å². The molecule has 1 aliphatic rings. The lowest BCUT2D eigenvalue weighted by Gasteiger charge is -2.27. The second-order valence-corrected chi connectivity index (χ2v) is 6.42. The molecule has 1 fully saturated rings. The highest BCUT2D eigenvalue weighted by Crippen LogP contribution is 2.45. The molecule has 18 heavy (non-hydrogen) atoms. The van der Waals surface area contributed by atoms with E-state index >= 15 is 0 Å². The highest BCUT2D eigenvalue weighted by Gasteiger charge is 2.50. The van der Waals surface area contributed by atoms with Gasteiger partial charge in [-0.05, 0) is 24.2 Å². The Bertz CT molecular complexity index is 330. The lowest BCUT2D eigenvalue weighted by molar-refractivity contribution is -0.143. The van der Waals surface area contributed by atoms with Crippen molar-refractivity contribution in [2.45, 2.75) is 40.5 Å². The van der Waals surface area contributed by atoms with Crippen molar-refractivity contribution in [1.82, 2.24) is 10.6 Å². The molecule has 1 unspecified atom stereocenters. The Kier molecular flexibility index (Phi) is 4.24. The first-order chi connectivity index (χ1) is 8.17. The number of carbonyl (C=O) groups is 2. The maximum atomic E-state index is 11.6. The van der Waals surface area contributed by atoms with E-state index in [1.54, 1.807) is 0 Å². The molecular weight excluding hydrogens is 232 g/mol. The number of carboxylic acid groups (broad SMARTS) is 1. The predicted molar refractivity (Wildman–Crippen MR) is 69.3 cm³/mol. The minimum atomic E-state index is -0.814. The van der Waals surface area contributed by atoms with E-state index in [0.29, 0.717) is 25.3 Å². The Morgan fingerprint density at radius 3 is 2.22 bits per heavy atom. The third-order valence-corrected chi connectivity index (χ3v) is 3.94. The molecule has 2 amide bonds. The molecule has 0 spiro atoms. The molecule has 1 aliphatic carbocycles. The van der Waals surface area contributed by atoms with Crippen LogP contribution in [-0.2, 0) is 4.79 Å². The van der Waals surface area contributed by atoms with Crippen LogP contribution < -0.4 is 10.6 Å². The fourth-order valence-electron chi connectivity index (χ4n) is 1.48. The van der Waals surface area contributed by atoms with Crippen LogP contribution in [-0.4, -0.2) is 30.2 Å². The third kappa shape index (κ3) is 3.89. The quantitative estimate of drug-likeness (QED) is 0.702. The van der Waals surface area contributed by atoms with Gasteiger partial charge in [0.05, 0.1) is 5.41 Å². The number of nitrogens with one attached hydrogen (secondary N) is 2. The molecule has 0 aliphatic heterocycles. The lowest BCUT2D eigenvalue weighted by Crippen LogP contribution is -2.43. The Balaban J connectivity index is 2.25. The van der Waals surface area contributed by atoms with Gasteiger partial charge in [0, 0.05) is 13.1 Å². The monoisotopic (exact) mass is 256 g/mol. The van der Waals surface area contributed by atoms with Crippen molar-refractivity contribution < 1.29 is 14.7 Å². The summed E-state index contributed by atoms with van der Waals surface area (Å²) in [6.07, 6.45) is 1.31. The summed E-state index contributed by atoms with van der Waals surface area (Å²) >= 11 is 0. The number of carboxylic acids is 1. The van der Waals surface area contributed by atoms with Crippen molar-refractivity contribution in [2.24, 2.45) is 16.7 Å². The second-order valence-electron chi connectivity index (χ2n) is 6.42. The number of aliphatic carboxylic acids is 1. The summed E-state index contributed by atoms with van der Waals surface area (Å²) in [7, 11) is 0. The summed E-state index contributed by atoms with van der Waals surface area (Å²) in [4.78, 5) is 22.5. The lowest BCUT2D eigenvalue weighted by atomic mass is 9.82. The molecule has 3 N–H and O–H groups in total. The molecule has 0 saturated heterocycles. The van der Waals surface area contributed by atoms with Crippen LogP contribution in [0.3, 0.4) is 0 Å². The van der Waals surface area contributed by atoms with Crippen LogP contribution in [0.5, 0.6) is 0 Å². The number of hydrogen-bond donors (Lipinski definition) is 3. The van der Waals surface area contributed by atoms with E-state index < -0.39 is 11.4 Å². The topological polar surface area (TPSA) is 78.4 Å². The second kappa shape index (κ2) is 5.16. The van der Waals surface area contributed by atoms with Crippen molar-refractivity contribution in [2.75, 3.05) is 13.1 Å². The Morgan fingerprint density at radius 2 is 1.83 bits per heavy atom. The van der Waals surface area contributed by atoms with Gasteiger partial charge in [-0.3, -0.25) is 4.79 Å². The molecule has 0 aromatic heterocycles.